The highest BCUT2D eigenvalue weighted by Gasteiger charge is 2.08. The van der Waals surface area contributed by atoms with Crippen LogP contribution in [0.2, 0.25) is 0 Å². The Bertz CT molecular complexity index is 1030. The molecule has 8 heteroatoms. The predicted molar refractivity (Wildman–Crippen MR) is 131 cm³/mol. The van der Waals surface area contributed by atoms with Crippen LogP contribution in [0.4, 0.5) is 5.69 Å². The van der Waals surface area contributed by atoms with Gasteiger partial charge in [-0.15, -0.1) is 0 Å². The molecule has 0 aliphatic heterocycles. The molecule has 33 heavy (non-hydrogen) atoms. The van der Waals surface area contributed by atoms with Gasteiger partial charge in [-0.2, -0.15) is 5.10 Å². The number of amides is 1. The maximum atomic E-state index is 12.2. The van der Waals surface area contributed by atoms with Crippen molar-refractivity contribution < 1.29 is 9.53 Å². The maximum absolute atomic E-state index is 12.2. The molecule has 0 bridgehead atoms. The first-order valence-electron chi connectivity index (χ1n) is 11.1. The SMILES string of the molecule is CCNC(=NCc1cccc(NC(=O)Cn2cccn2)c1)N(C)Cc1ccc(OCC)cc1. The van der Waals surface area contributed by atoms with E-state index in [4.69, 9.17) is 9.73 Å². The van der Waals surface area contributed by atoms with Crippen LogP contribution in [0.15, 0.2) is 72.0 Å². The minimum atomic E-state index is -0.122. The quantitative estimate of drug-likeness (QED) is 0.366. The highest BCUT2D eigenvalue weighted by molar-refractivity contribution is 5.90. The smallest absolute Gasteiger partial charge is 0.246 e. The fourth-order valence-electron chi connectivity index (χ4n) is 3.33. The van der Waals surface area contributed by atoms with Crippen LogP contribution >= 0.6 is 0 Å². The van der Waals surface area contributed by atoms with Gasteiger partial charge in [-0.1, -0.05) is 24.3 Å². The molecule has 1 heterocycles. The van der Waals surface area contributed by atoms with E-state index in [1.165, 1.54) is 5.56 Å². The summed E-state index contributed by atoms with van der Waals surface area (Å²) in [7, 11) is 2.02. The van der Waals surface area contributed by atoms with Crippen LogP contribution in [-0.4, -0.2) is 46.7 Å². The standard InChI is InChI=1S/C25H32N6O2/c1-4-26-25(30(3)18-20-10-12-23(13-11-20)33-5-2)27-17-21-8-6-9-22(16-21)29-24(32)19-31-15-7-14-28-31/h6-16H,4-5,17-19H2,1-3H3,(H,26,27)(H,29,32). The molecule has 1 aromatic heterocycles. The van der Waals surface area contributed by atoms with Gasteiger partial charge in [0.25, 0.3) is 0 Å². The van der Waals surface area contributed by atoms with Crippen molar-refractivity contribution in [3.63, 3.8) is 0 Å². The molecule has 0 unspecified atom stereocenters. The molecule has 1 amide bonds. The minimum Gasteiger partial charge on any atom is -0.494 e. The van der Waals surface area contributed by atoms with E-state index < -0.39 is 0 Å². The van der Waals surface area contributed by atoms with E-state index in [2.05, 4.69) is 39.7 Å². The molecule has 174 valence electrons. The summed E-state index contributed by atoms with van der Waals surface area (Å²) in [6, 6.07) is 17.7. The van der Waals surface area contributed by atoms with E-state index in [1.54, 1.807) is 23.1 Å². The number of aromatic nitrogens is 2. The summed E-state index contributed by atoms with van der Waals surface area (Å²) in [5.41, 5.74) is 2.93. The molecule has 2 aromatic carbocycles. The van der Waals surface area contributed by atoms with Crippen molar-refractivity contribution >= 4 is 17.6 Å². The van der Waals surface area contributed by atoms with Gasteiger partial charge in [0.05, 0.1) is 13.2 Å². The van der Waals surface area contributed by atoms with Crippen LogP contribution in [0.3, 0.4) is 0 Å². The average Bonchev–Trinajstić information content (AvgIpc) is 3.31. The molecule has 0 aliphatic rings. The summed E-state index contributed by atoms with van der Waals surface area (Å²) >= 11 is 0. The Labute approximate surface area is 195 Å². The monoisotopic (exact) mass is 448 g/mol. The fraction of sp³-hybridized carbons (Fsp3) is 0.320. The van der Waals surface area contributed by atoms with E-state index in [1.807, 2.05) is 50.4 Å². The first kappa shape index (κ1) is 23.8. The number of carbonyl (C=O) groups excluding carboxylic acids is 1. The molecule has 8 nitrogen and oxygen atoms in total. The van der Waals surface area contributed by atoms with E-state index in [0.717, 1.165) is 36.0 Å². The van der Waals surface area contributed by atoms with Gasteiger partial charge in [0.15, 0.2) is 5.96 Å². The van der Waals surface area contributed by atoms with Crippen LogP contribution < -0.4 is 15.4 Å². The number of rotatable bonds is 10. The van der Waals surface area contributed by atoms with Crippen molar-refractivity contribution in [1.82, 2.24) is 20.0 Å². The minimum absolute atomic E-state index is 0.122. The number of aliphatic imine (C=N–C) groups is 1. The van der Waals surface area contributed by atoms with Crippen molar-refractivity contribution in [3.8, 4) is 5.75 Å². The van der Waals surface area contributed by atoms with Gasteiger partial charge in [-0.25, -0.2) is 4.99 Å². The Balaban J connectivity index is 1.61. The van der Waals surface area contributed by atoms with Gasteiger partial charge < -0.3 is 20.3 Å². The lowest BCUT2D eigenvalue weighted by Crippen LogP contribution is -2.38. The molecule has 3 aromatic rings. The molecule has 0 radical (unpaired) electrons. The molecule has 0 atom stereocenters. The van der Waals surface area contributed by atoms with Crippen molar-refractivity contribution in [3.05, 3.63) is 78.1 Å². The Morgan fingerprint density at radius 1 is 1.12 bits per heavy atom. The van der Waals surface area contributed by atoms with E-state index in [0.29, 0.717) is 13.2 Å². The first-order chi connectivity index (χ1) is 16.1. The zero-order valence-electron chi connectivity index (χ0n) is 19.5. The number of hydrogen-bond donors (Lipinski definition) is 2. The second kappa shape index (κ2) is 12.3. The third-order valence-electron chi connectivity index (χ3n) is 4.84. The summed E-state index contributed by atoms with van der Waals surface area (Å²) in [6.45, 7) is 6.86. The molecule has 0 saturated carbocycles. The van der Waals surface area contributed by atoms with Crippen molar-refractivity contribution in [1.29, 1.82) is 0 Å². The van der Waals surface area contributed by atoms with Crippen molar-refractivity contribution in [2.45, 2.75) is 33.5 Å². The zero-order chi connectivity index (χ0) is 23.5. The van der Waals surface area contributed by atoms with Gasteiger partial charge in [0.2, 0.25) is 5.91 Å². The van der Waals surface area contributed by atoms with Crippen LogP contribution in [0.1, 0.15) is 25.0 Å². The molecular formula is C25H32N6O2. The number of benzene rings is 2. The van der Waals surface area contributed by atoms with E-state index in [9.17, 15) is 4.79 Å². The molecule has 0 saturated heterocycles. The summed E-state index contributed by atoms with van der Waals surface area (Å²) in [4.78, 5) is 19.1. The summed E-state index contributed by atoms with van der Waals surface area (Å²) < 4.78 is 7.11. The number of guanidine groups is 1. The Morgan fingerprint density at radius 3 is 2.64 bits per heavy atom. The number of carbonyl (C=O) groups is 1. The van der Waals surface area contributed by atoms with Crippen molar-refractivity contribution in [2.75, 3.05) is 25.5 Å². The fourth-order valence-corrected chi connectivity index (χ4v) is 3.33. The molecule has 0 aliphatic carbocycles. The zero-order valence-corrected chi connectivity index (χ0v) is 19.5. The molecule has 3 rings (SSSR count). The topological polar surface area (TPSA) is 83.8 Å². The van der Waals surface area contributed by atoms with E-state index >= 15 is 0 Å². The van der Waals surface area contributed by atoms with Crippen LogP contribution in [0.5, 0.6) is 5.75 Å². The molecule has 2 N–H and O–H groups in total. The Morgan fingerprint density at radius 2 is 1.94 bits per heavy atom. The lowest BCUT2D eigenvalue weighted by Gasteiger charge is -2.22. The molecule has 0 spiro atoms. The number of nitrogens with zero attached hydrogens (tertiary/aromatic N) is 4. The first-order valence-corrected chi connectivity index (χ1v) is 11.1. The summed E-state index contributed by atoms with van der Waals surface area (Å²) in [5, 5.41) is 10.3. The lowest BCUT2D eigenvalue weighted by atomic mass is 10.2. The predicted octanol–water partition coefficient (Wildman–Crippen LogP) is 3.52. The molecule has 0 fully saturated rings. The number of ether oxygens (including phenoxy) is 1. The van der Waals surface area contributed by atoms with Gasteiger partial charge in [0.1, 0.15) is 12.3 Å². The lowest BCUT2D eigenvalue weighted by molar-refractivity contribution is -0.116. The summed E-state index contributed by atoms with van der Waals surface area (Å²) in [5.74, 6) is 1.57. The summed E-state index contributed by atoms with van der Waals surface area (Å²) in [6.07, 6.45) is 3.41. The normalized spacial score (nSPS) is 11.2. The number of hydrogen-bond acceptors (Lipinski definition) is 4. The Hall–Kier alpha value is -3.81. The number of anilines is 1. The van der Waals surface area contributed by atoms with Gasteiger partial charge >= 0.3 is 0 Å². The largest absolute Gasteiger partial charge is 0.494 e. The number of nitrogens with one attached hydrogen (secondary N) is 2. The Kier molecular flexibility index (Phi) is 8.88. The molecular weight excluding hydrogens is 416 g/mol. The van der Waals surface area contributed by atoms with Gasteiger partial charge in [-0.05, 0) is 55.3 Å². The third kappa shape index (κ3) is 7.68. The highest BCUT2D eigenvalue weighted by atomic mass is 16.5. The van der Waals surface area contributed by atoms with Crippen LogP contribution in [0, 0.1) is 0 Å². The maximum Gasteiger partial charge on any atom is 0.246 e. The second-order valence-corrected chi connectivity index (χ2v) is 7.56. The second-order valence-electron chi connectivity index (χ2n) is 7.56. The van der Waals surface area contributed by atoms with E-state index in [-0.39, 0.29) is 12.5 Å². The van der Waals surface area contributed by atoms with Gasteiger partial charge in [0, 0.05) is 38.2 Å². The van der Waals surface area contributed by atoms with Gasteiger partial charge in [-0.3, -0.25) is 9.48 Å². The average molecular weight is 449 g/mol. The highest BCUT2D eigenvalue weighted by Crippen LogP contribution is 2.14. The third-order valence-corrected chi connectivity index (χ3v) is 4.84. The van der Waals surface area contributed by atoms with Crippen molar-refractivity contribution in [2.24, 2.45) is 4.99 Å². The van der Waals surface area contributed by atoms with Crippen LogP contribution in [0.25, 0.3) is 0 Å². The van der Waals surface area contributed by atoms with Crippen LogP contribution in [-0.2, 0) is 24.4 Å².